The molecule has 1 N–H and O–H groups in total. The summed E-state index contributed by atoms with van der Waals surface area (Å²) in [5, 5.41) is 2.68. The number of alkyl halides is 3. The predicted octanol–water partition coefficient (Wildman–Crippen LogP) is 4.34. The highest BCUT2D eigenvalue weighted by Gasteiger charge is 2.31. The van der Waals surface area contributed by atoms with E-state index in [2.05, 4.69) is 39.4 Å². The van der Waals surface area contributed by atoms with E-state index < -0.39 is 11.7 Å². The van der Waals surface area contributed by atoms with Crippen molar-refractivity contribution >= 4 is 11.6 Å². The van der Waals surface area contributed by atoms with E-state index in [0.717, 1.165) is 44.7 Å². The van der Waals surface area contributed by atoms with Gasteiger partial charge in [0.25, 0.3) is 0 Å². The molecule has 0 bridgehead atoms. The summed E-state index contributed by atoms with van der Waals surface area (Å²) >= 11 is 0. The number of rotatable bonds is 5. The summed E-state index contributed by atoms with van der Waals surface area (Å²) in [6, 6.07) is 13.7. The number of halogens is 3. The average molecular weight is 417 g/mol. The Bertz CT molecular complexity index is 874. The van der Waals surface area contributed by atoms with Crippen molar-refractivity contribution in [2.24, 2.45) is 0 Å². The van der Waals surface area contributed by atoms with Crippen molar-refractivity contribution in [3.8, 4) is 0 Å². The van der Waals surface area contributed by atoms with Crippen LogP contribution in [0.25, 0.3) is 0 Å². The largest absolute Gasteiger partial charge is 0.416 e. The van der Waals surface area contributed by atoms with Gasteiger partial charge >= 0.3 is 6.18 Å². The van der Waals surface area contributed by atoms with E-state index >= 15 is 0 Å². The van der Waals surface area contributed by atoms with Gasteiger partial charge in [0, 0.05) is 50.9 Å². The van der Waals surface area contributed by atoms with Gasteiger partial charge in [-0.05, 0) is 48.2 Å². The standard InChI is InChI=1S/C23H26F3N3O/c24-23(25,26)18-6-8-19(9-7-18)27-22(30)11-12-28-13-15-29(16-14-28)21-10-5-17-3-1-2-4-20(17)21/h1-4,6-9,21H,5,10-16H2,(H,27,30). The van der Waals surface area contributed by atoms with Gasteiger partial charge in [-0.15, -0.1) is 0 Å². The minimum absolute atomic E-state index is 0.179. The Kier molecular flexibility index (Phi) is 6.11. The van der Waals surface area contributed by atoms with Gasteiger partial charge in [-0.2, -0.15) is 13.2 Å². The van der Waals surface area contributed by atoms with Crippen molar-refractivity contribution in [1.82, 2.24) is 9.80 Å². The van der Waals surface area contributed by atoms with E-state index in [1.807, 2.05) is 0 Å². The minimum atomic E-state index is -4.37. The van der Waals surface area contributed by atoms with Crippen LogP contribution in [0.2, 0.25) is 0 Å². The Balaban J connectivity index is 1.21. The number of nitrogens with one attached hydrogen (secondary N) is 1. The van der Waals surface area contributed by atoms with Crippen molar-refractivity contribution in [1.29, 1.82) is 0 Å². The third-order valence-corrected chi connectivity index (χ3v) is 6.10. The van der Waals surface area contributed by atoms with Gasteiger partial charge in [0.2, 0.25) is 5.91 Å². The topological polar surface area (TPSA) is 35.6 Å². The number of nitrogens with zero attached hydrogens (tertiary/aromatic N) is 2. The molecule has 1 amide bonds. The molecule has 0 spiro atoms. The lowest BCUT2D eigenvalue weighted by atomic mass is 10.1. The maximum Gasteiger partial charge on any atom is 0.416 e. The van der Waals surface area contributed by atoms with E-state index in [-0.39, 0.29) is 5.91 Å². The fraction of sp³-hybridized carbons (Fsp3) is 0.435. The summed E-state index contributed by atoms with van der Waals surface area (Å²) in [4.78, 5) is 17.0. The molecular formula is C23H26F3N3O. The summed E-state index contributed by atoms with van der Waals surface area (Å²) in [7, 11) is 0. The number of aryl methyl sites for hydroxylation is 1. The zero-order chi connectivity index (χ0) is 21.1. The molecule has 2 aliphatic rings. The fourth-order valence-electron chi connectivity index (χ4n) is 4.44. The Hall–Kier alpha value is -2.38. The molecule has 160 valence electrons. The molecule has 1 unspecified atom stereocenters. The lowest BCUT2D eigenvalue weighted by molar-refractivity contribution is -0.137. The molecule has 1 heterocycles. The van der Waals surface area contributed by atoms with Gasteiger partial charge < -0.3 is 10.2 Å². The second-order valence-corrected chi connectivity index (χ2v) is 8.00. The first-order valence-electron chi connectivity index (χ1n) is 10.4. The lowest BCUT2D eigenvalue weighted by Crippen LogP contribution is -2.47. The maximum absolute atomic E-state index is 12.6. The molecule has 1 atom stereocenters. The summed E-state index contributed by atoms with van der Waals surface area (Å²) < 4.78 is 37.8. The highest BCUT2D eigenvalue weighted by Crippen LogP contribution is 2.36. The van der Waals surface area contributed by atoms with Crippen LogP contribution in [0.15, 0.2) is 48.5 Å². The predicted molar refractivity (Wildman–Crippen MR) is 110 cm³/mol. The van der Waals surface area contributed by atoms with Crippen LogP contribution in [-0.4, -0.2) is 48.4 Å². The zero-order valence-corrected chi connectivity index (χ0v) is 16.8. The van der Waals surface area contributed by atoms with Gasteiger partial charge in [0.1, 0.15) is 0 Å². The van der Waals surface area contributed by atoms with Crippen molar-refractivity contribution in [3.63, 3.8) is 0 Å². The smallest absolute Gasteiger partial charge is 0.326 e. The molecule has 30 heavy (non-hydrogen) atoms. The van der Waals surface area contributed by atoms with Crippen molar-refractivity contribution in [3.05, 3.63) is 65.2 Å². The number of hydrogen-bond donors (Lipinski definition) is 1. The Morgan fingerprint density at radius 3 is 2.40 bits per heavy atom. The van der Waals surface area contributed by atoms with Crippen LogP contribution in [-0.2, 0) is 17.4 Å². The lowest BCUT2D eigenvalue weighted by Gasteiger charge is -2.38. The maximum atomic E-state index is 12.6. The first-order valence-corrected chi connectivity index (χ1v) is 10.4. The number of hydrogen-bond acceptors (Lipinski definition) is 3. The number of amides is 1. The SMILES string of the molecule is O=C(CCN1CCN(C2CCc3ccccc32)CC1)Nc1ccc(C(F)(F)F)cc1. The quantitative estimate of drug-likeness (QED) is 0.786. The molecule has 4 nitrogen and oxygen atoms in total. The Morgan fingerprint density at radius 1 is 1.00 bits per heavy atom. The summed E-state index contributed by atoms with van der Waals surface area (Å²) in [5.41, 5.74) is 2.59. The van der Waals surface area contributed by atoms with Gasteiger partial charge in [-0.25, -0.2) is 0 Å². The van der Waals surface area contributed by atoms with Gasteiger partial charge in [-0.3, -0.25) is 9.69 Å². The monoisotopic (exact) mass is 417 g/mol. The van der Waals surface area contributed by atoms with Crippen molar-refractivity contribution in [2.75, 3.05) is 38.0 Å². The molecule has 1 aliphatic heterocycles. The van der Waals surface area contributed by atoms with Crippen LogP contribution in [0.1, 0.15) is 35.6 Å². The van der Waals surface area contributed by atoms with Crippen LogP contribution in [0, 0.1) is 0 Å². The molecule has 0 saturated carbocycles. The van der Waals surface area contributed by atoms with E-state index in [9.17, 15) is 18.0 Å². The van der Waals surface area contributed by atoms with Crippen molar-refractivity contribution < 1.29 is 18.0 Å². The molecule has 2 aromatic rings. The van der Waals surface area contributed by atoms with Crippen LogP contribution in [0.3, 0.4) is 0 Å². The Morgan fingerprint density at radius 2 is 1.70 bits per heavy atom. The Labute approximate surface area is 174 Å². The van der Waals surface area contributed by atoms with Crippen LogP contribution in [0.5, 0.6) is 0 Å². The molecule has 0 radical (unpaired) electrons. The third kappa shape index (κ3) is 4.84. The molecular weight excluding hydrogens is 391 g/mol. The fourth-order valence-corrected chi connectivity index (χ4v) is 4.44. The number of benzene rings is 2. The number of fused-ring (bicyclic) bond motifs is 1. The number of carbonyl (C=O) groups excluding carboxylic acids is 1. The number of carbonyl (C=O) groups is 1. The molecule has 2 aromatic carbocycles. The zero-order valence-electron chi connectivity index (χ0n) is 16.8. The van der Waals surface area contributed by atoms with E-state index in [0.29, 0.717) is 24.7 Å². The first kappa shape index (κ1) is 20.9. The average Bonchev–Trinajstić information content (AvgIpc) is 3.17. The van der Waals surface area contributed by atoms with E-state index in [4.69, 9.17) is 0 Å². The van der Waals surface area contributed by atoms with Gasteiger partial charge in [-0.1, -0.05) is 24.3 Å². The highest BCUT2D eigenvalue weighted by molar-refractivity contribution is 5.90. The molecule has 7 heteroatoms. The minimum Gasteiger partial charge on any atom is -0.326 e. The normalized spacial score (nSPS) is 20.2. The summed E-state index contributed by atoms with van der Waals surface area (Å²) in [5.74, 6) is -0.179. The molecule has 1 fully saturated rings. The summed E-state index contributed by atoms with van der Waals surface area (Å²) in [6.07, 6.45) is -1.72. The second-order valence-electron chi connectivity index (χ2n) is 8.00. The molecule has 1 aliphatic carbocycles. The molecule has 4 rings (SSSR count). The van der Waals surface area contributed by atoms with Gasteiger partial charge in [0.15, 0.2) is 0 Å². The second kappa shape index (κ2) is 8.78. The van der Waals surface area contributed by atoms with Gasteiger partial charge in [0.05, 0.1) is 5.56 Å². The number of piperazine rings is 1. The van der Waals surface area contributed by atoms with E-state index in [1.165, 1.54) is 29.7 Å². The van der Waals surface area contributed by atoms with E-state index in [1.54, 1.807) is 0 Å². The van der Waals surface area contributed by atoms with Crippen LogP contribution in [0.4, 0.5) is 18.9 Å². The first-order chi connectivity index (χ1) is 14.4. The highest BCUT2D eigenvalue weighted by atomic mass is 19.4. The third-order valence-electron chi connectivity index (χ3n) is 6.10. The summed E-state index contributed by atoms with van der Waals surface area (Å²) in [6.45, 7) is 4.47. The van der Waals surface area contributed by atoms with Crippen molar-refractivity contribution in [2.45, 2.75) is 31.5 Å². The molecule has 0 aromatic heterocycles. The van der Waals surface area contributed by atoms with Crippen LogP contribution < -0.4 is 5.32 Å². The molecule has 1 saturated heterocycles. The van der Waals surface area contributed by atoms with Crippen LogP contribution >= 0.6 is 0 Å². The number of anilines is 1.